The molecular formula is C15H17N5OS. The van der Waals surface area contributed by atoms with Crippen molar-refractivity contribution in [3.63, 3.8) is 0 Å². The lowest BCUT2D eigenvalue weighted by Gasteiger charge is -2.07. The first-order valence-corrected chi connectivity index (χ1v) is 7.94. The minimum atomic E-state index is 0.551. The standard InChI is InChI=1S/C15H17N5OS/c1-12-7-8-20(19-12)9-10-21-14-5-3-13(4-6-14)18-15(22-2)17-11-16/h3-8H,9-10H2,1-2H3,(H,17,18). The maximum absolute atomic E-state index is 8.60. The molecule has 0 amide bonds. The number of nitrogens with zero attached hydrogens (tertiary/aromatic N) is 4. The number of hydrogen-bond donors (Lipinski definition) is 1. The number of hydrogen-bond acceptors (Lipinski definition) is 5. The normalized spacial score (nSPS) is 11.0. The monoisotopic (exact) mass is 315 g/mol. The first-order valence-electron chi connectivity index (χ1n) is 6.72. The van der Waals surface area contributed by atoms with Crippen LogP contribution in [0.4, 0.5) is 5.69 Å². The quantitative estimate of drug-likeness (QED) is 0.397. The molecule has 0 aliphatic carbocycles. The van der Waals surface area contributed by atoms with Gasteiger partial charge in [0.05, 0.1) is 17.9 Å². The maximum Gasteiger partial charge on any atom is 0.183 e. The SMILES string of the molecule is CSC(=Nc1ccc(OCCn2ccc(C)n2)cc1)NC#N. The Balaban J connectivity index is 1.87. The Hall–Kier alpha value is -2.46. The molecule has 1 aromatic carbocycles. The van der Waals surface area contributed by atoms with Crippen LogP contribution in [-0.4, -0.2) is 27.8 Å². The number of aryl methyl sites for hydroxylation is 1. The van der Waals surface area contributed by atoms with Crippen LogP contribution in [0.1, 0.15) is 5.69 Å². The van der Waals surface area contributed by atoms with Gasteiger partial charge in [0.2, 0.25) is 0 Å². The first-order chi connectivity index (χ1) is 10.7. The lowest BCUT2D eigenvalue weighted by atomic mass is 10.3. The number of amidine groups is 1. The summed E-state index contributed by atoms with van der Waals surface area (Å²) in [7, 11) is 0. The number of ether oxygens (including phenoxy) is 1. The van der Waals surface area contributed by atoms with Crippen molar-refractivity contribution < 1.29 is 4.74 Å². The van der Waals surface area contributed by atoms with Gasteiger partial charge in [0, 0.05) is 6.20 Å². The molecule has 6 nitrogen and oxygen atoms in total. The number of aliphatic imine (C=N–C) groups is 1. The molecule has 0 fully saturated rings. The maximum atomic E-state index is 8.60. The van der Waals surface area contributed by atoms with Gasteiger partial charge in [-0.05, 0) is 43.5 Å². The summed E-state index contributed by atoms with van der Waals surface area (Å²) in [6.07, 6.45) is 5.65. The van der Waals surface area contributed by atoms with E-state index >= 15 is 0 Å². The van der Waals surface area contributed by atoms with E-state index in [-0.39, 0.29) is 0 Å². The van der Waals surface area contributed by atoms with E-state index in [1.54, 1.807) is 0 Å². The van der Waals surface area contributed by atoms with Crippen LogP contribution in [0.3, 0.4) is 0 Å². The molecule has 1 aromatic heterocycles. The molecule has 0 radical (unpaired) electrons. The molecule has 2 aromatic rings. The van der Waals surface area contributed by atoms with Crippen molar-refractivity contribution in [2.75, 3.05) is 12.9 Å². The Kier molecular flexibility index (Phi) is 5.86. The van der Waals surface area contributed by atoms with Gasteiger partial charge >= 0.3 is 0 Å². The highest BCUT2D eigenvalue weighted by Gasteiger charge is 1.99. The molecule has 7 heteroatoms. The van der Waals surface area contributed by atoms with E-state index in [4.69, 9.17) is 10.00 Å². The molecule has 114 valence electrons. The van der Waals surface area contributed by atoms with Gasteiger partial charge in [-0.1, -0.05) is 11.8 Å². The van der Waals surface area contributed by atoms with Crippen LogP contribution in [0.25, 0.3) is 0 Å². The Morgan fingerprint density at radius 1 is 1.41 bits per heavy atom. The molecule has 0 aliphatic rings. The van der Waals surface area contributed by atoms with Crippen LogP contribution in [0.15, 0.2) is 41.5 Å². The average molecular weight is 315 g/mol. The van der Waals surface area contributed by atoms with Crippen LogP contribution < -0.4 is 10.1 Å². The summed E-state index contributed by atoms with van der Waals surface area (Å²) in [5.41, 5.74) is 1.76. The molecule has 0 unspecified atom stereocenters. The number of benzene rings is 1. The second kappa shape index (κ2) is 8.10. The Morgan fingerprint density at radius 3 is 2.77 bits per heavy atom. The molecule has 0 atom stereocenters. The molecule has 1 heterocycles. The number of rotatable bonds is 5. The Labute approximate surface area is 133 Å². The zero-order valence-corrected chi connectivity index (χ0v) is 13.3. The number of aromatic nitrogens is 2. The molecule has 22 heavy (non-hydrogen) atoms. The molecular weight excluding hydrogens is 298 g/mol. The van der Waals surface area contributed by atoms with Crippen molar-refractivity contribution >= 4 is 22.6 Å². The van der Waals surface area contributed by atoms with Gasteiger partial charge in [0.25, 0.3) is 0 Å². The van der Waals surface area contributed by atoms with Crippen molar-refractivity contribution in [2.24, 2.45) is 4.99 Å². The van der Waals surface area contributed by atoms with Crippen LogP contribution in [0, 0.1) is 18.4 Å². The summed E-state index contributed by atoms with van der Waals surface area (Å²) in [5, 5.41) is 16.0. The number of thioether (sulfide) groups is 1. The lowest BCUT2D eigenvalue weighted by Crippen LogP contribution is -2.12. The summed E-state index contributed by atoms with van der Waals surface area (Å²) in [6, 6.07) is 9.38. The lowest BCUT2D eigenvalue weighted by molar-refractivity contribution is 0.291. The Bertz CT molecular complexity index is 672. The van der Waals surface area contributed by atoms with E-state index in [1.807, 2.05) is 60.6 Å². The zero-order chi connectivity index (χ0) is 15.8. The van der Waals surface area contributed by atoms with E-state index in [0.29, 0.717) is 18.3 Å². The van der Waals surface area contributed by atoms with Gasteiger partial charge < -0.3 is 4.74 Å². The van der Waals surface area contributed by atoms with Gasteiger partial charge in [-0.3, -0.25) is 10.00 Å². The van der Waals surface area contributed by atoms with Crippen LogP contribution >= 0.6 is 11.8 Å². The third kappa shape index (κ3) is 4.82. The van der Waals surface area contributed by atoms with Crippen LogP contribution in [0.5, 0.6) is 5.75 Å². The molecule has 0 aliphatic heterocycles. The highest BCUT2D eigenvalue weighted by atomic mass is 32.2. The third-order valence-corrected chi connectivity index (χ3v) is 3.37. The minimum absolute atomic E-state index is 0.551. The molecule has 0 spiro atoms. The van der Waals surface area contributed by atoms with Crippen molar-refractivity contribution in [3.05, 3.63) is 42.2 Å². The number of nitriles is 1. The smallest absolute Gasteiger partial charge is 0.183 e. The van der Waals surface area contributed by atoms with Crippen LogP contribution in [-0.2, 0) is 6.54 Å². The summed E-state index contributed by atoms with van der Waals surface area (Å²) in [4.78, 5) is 4.31. The fraction of sp³-hybridized carbons (Fsp3) is 0.267. The summed E-state index contributed by atoms with van der Waals surface area (Å²) < 4.78 is 7.52. The topological polar surface area (TPSA) is 75.2 Å². The van der Waals surface area contributed by atoms with E-state index in [2.05, 4.69) is 15.4 Å². The van der Waals surface area contributed by atoms with E-state index in [0.717, 1.165) is 17.1 Å². The Morgan fingerprint density at radius 2 is 2.18 bits per heavy atom. The third-order valence-electron chi connectivity index (χ3n) is 2.79. The second-order valence-electron chi connectivity index (χ2n) is 4.42. The minimum Gasteiger partial charge on any atom is -0.492 e. The summed E-state index contributed by atoms with van der Waals surface area (Å²) in [5.74, 6) is 0.779. The van der Waals surface area contributed by atoms with Crippen molar-refractivity contribution in [3.8, 4) is 11.9 Å². The zero-order valence-electron chi connectivity index (χ0n) is 12.5. The van der Waals surface area contributed by atoms with Crippen molar-refractivity contribution in [1.29, 1.82) is 5.26 Å². The second-order valence-corrected chi connectivity index (χ2v) is 5.22. The number of nitrogens with one attached hydrogen (secondary N) is 1. The fourth-order valence-corrected chi connectivity index (χ4v) is 2.10. The summed E-state index contributed by atoms with van der Waals surface area (Å²) >= 11 is 1.38. The van der Waals surface area contributed by atoms with E-state index in [1.165, 1.54) is 11.8 Å². The van der Waals surface area contributed by atoms with E-state index in [9.17, 15) is 0 Å². The molecule has 0 bridgehead atoms. The predicted molar refractivity (Wildman–Crippen MR) is 88.3 cm³/mol. The van der Waals surface area contributed by atoms with E-state index < -0.39 is 0 Å². The fourth-order valence-electron chi connectivity index (χ4n) is 1.75. The van der Waals surface area contributed by atoms with Crippen molar-refractivity contribution in [2.45, 2.75) is 13.5 Å². The largest absolute Gasteiger partial charge is 0.492 e. The summed E-state index contributed by atoms with van der Waals surface area (Å²) in [6.45, 7) is 3.22. The highest BCUT2D eigenvalue weighted by Crippen LogP contribution is 2.19. The molecule has 0 saturated heterocycles. The predicted octanol–water partition coefficient (Wildman–Crippen LogP) is 2.69. The first kappa shape index (κ1) is 15.9. The van der Waals surface area contributed by atoms with Gasteiger partial charge in [-0.15, -0.1) is 0 Å². The molecule has 2 rings (SSSR count). The van der Waals surface area contributed by atoms with Crippen molar-refractivity contribution in [1.82, 2.24) is 15.1 Å². The average Bonchev–Trinajstić information content (AvgIpc) is 2.94. The molecule has 1 N–H and O–H groups in total. The van der Waals surface area contributed by atoms with Crippen LogP contribution in [0.2, 0.25) is 0 Å². The van der Waals surface area contributed by atoms with Gasteiger partial charge in [-0.25, -0.2) is 4.99 Å². The van der Waals surface area contributed by atoms with Gasteiger partial charge in [0.15, 0.2) is 11.4 Å². The highest BCUT2D eigenvalue weighted by molar-refractivity contribution is 8.13. The molecule has 0 saturated carbocycles. The van der Waals surface area contributed by atoms with Gasteiger partial charge in [-0.2, -0.15) is 10.4 Å². The van der Waals surface area contributed by atoms with Gasteiger partial charge in [0.1, 0.15) is 12.4 Å².